The highest BCUT2D eigenvalue weighted by molar-refractivity contribution is 4.83. The zero-order chi connectivity index (χ0) is 7.56. The molecule has 3 atom stereocenters. The molecule has 0 spiro atoms. The molecular weight excluding hydrogens is 128 g/mol. The van der Waals surface area contributed by atoms with Crippen LogP contribution in [0.4, 0.5) is 0 Å². The topological polar surface area (TPSA) is 44.3 Å². The molecule has 0 amide bonds. The van der Waals surface area contributed by atoms with Gasteiger partial charge < -0.3 is 10.4 Å². The Kier molecular flexibility index (Phi) is 2.65. The summed E-state index contributed by atoms with van der Waals surface area (Å²) in [4.78, 5) is 0. The van der Waals surface area contributed by atoms with Crippen LogP contribution in [0.1, 0.15) is 13.3 Å². The molecular formula is C7H16N2O. The van der Waals surface area contributed by atoms with Crippen LogP contribution in [0.2, 0.25) is 0 Å². The van der Waals surface area contributed by atoms with Crippen LogP contribution in [-0.4, -0.2) is 31.0 Å². The monoisotopic (exact) mass is 144 g/mol. The number of aliphatic hydroxyl groups is 1. The van der Waals surface area contributed by atoms with E-state index in [1.165, 1.54) is 0 Å². The number of hydrogen-bond acceptors (Lipinski definition) is 3. The molecule has 0 saturated carbocycles. The van der Waals surface area contributed by atoms with E-state index in [2.05, 4.69) is 17.6 Å². The van der Waals surface area contributed by atoms with Gasteiger partial charge in [-0.2, -0.15) is 0 Å². The number of rotatable bonds is 2. The van der Waals surface area contributed by atoms with Crippen molar-refractivity contribution in [2.75, 3.05) is 13.6 Å². The fourth-order valence-electron chi connectivity index (χ4n) is 1.52. The Labute approximate surface area is 61.8 Å². The third-order valence-electron chi connectivity index (χ3n) is 2.29. The zero-order valence-corrected chi connectivity index (χ0v) is 6.59. The quantitative estimate of drug-likeness (QED) is 0.459. The maximum atomic E-state index is 9.38. The highest BCUT2D eigenvalue weighted by Crippen LogP contribution is 2.17. The van der Waals surface area contributed by atoms with Gasteiger partial charge in [-0.1, -0.05) is 0 Å². The molecule has 1 fully saturated rings. The van der Waals surface area contributed by atoms with Crippen molar-refractivity contribution >= 4 is 0 Å². The minimum Gasteiger partial charge on any atom is -0.378 e. The summed E-state index contributed by atoms with van der Waals surface area (Å²) in [5.41, 5.74) is 0. The number of hydrogen-bond donors (Lipinski definition) is 3. The normalized spacial score (nSPS) is 36.3. The van der Waals surface area contributed by atoms with Crippen molar-refractivity contribution in [2.24, 2.45) is 5.92 Å². The fraction of sp³-hybridized carbons (Fsp3) is 1.00. The average molecular weight is 144 g/mol. The molecule has 0 bridgehead atoms. The minimum absolute atomic E-state index is 0.343. The van der Waals surface area contributed by atoms with E-state index in [-0.39, 0.29) is 6.23 Å². The van der Waals surface area contributed by atoms with Crippen LogP contribution in [0.15, 0.2) is 0 Å². The van der Waals surface area contributed by atoms with Gasteiger partial charge in [-0.3, -0.25) is 5.32 Å². The van der Waals surface area contributed by atoms with Gasteiger partial charge in [0.15, 0.2) is 0 Å². The molecule has 1 aliphatic rings. The SMILES string of the molecule is CNC(O)C1CCNC1C. The lowest BCUT2D eigenvalue weighted by atomic mass is 10.0. The lowest BCUT2D eigenvalue weighted by Gasteiger charge is -2.20. The predicted molar refractivity (Wildman–Crippen MR) is 40.6 cm³/mol. The molecule has 3 unspecified atom stereocenters. The first-order chi connectivity index (χ1) is 4.75. The minimum atomic E-state index is -0.343. The number of aliphatic hydroxyl groups excluding tert-OH is 1. The van der Waals surface area contributed by atoms with Crippen molar-refractivity contribution in [1.82, 2.24) is 10.6 Å². The number of nitrogens with one attached hydrogen (secondary N) is 2. The van der Waals surface area contributed by atoms with Gasteiger partial charge in [0, 0.05) is 12.0 Å². The van der Waals surface area contributed by atoms with Crippen molar-refractivity contribution in [2.45, 2.75) is 25.6 Å². The van der Waals surface area contributed by atoms with Crippen LogP contribution in [0.25, 0.3) is 0 Å². The van der Waals surface area contributed by atoms with Crippen LogP contribution in [0.5, 0.6) is 0 Å². The molecule has 0 aromatic carbocycles. The van der Waals surface area contributed by atoms with Crippen LogP contribution in [0.3, 0.4) is 0 Å². The van der Waals surface area contributed by atoms with E-state index in [4.69, 9.17) is 0 Å². The van der Waals surface area contributed by atoms with Gasteiger partial charge in [-0.25, -0.2) is 0 Å². The van der Waals surface area contributed by atoms with Crippen molar-refractivity contribution < 1.29 is 5.11 Å². The molecule has 0 radical (unpaired) electrons. The second kappa shape index (κ2) is 3.32. The van der Waals surface area contributed by atoms with E-state index in [1.54, 1.807) is 7.05 Å². The third-order valence-corrected chi connectivity index (χ3v) is 2.29. The first-order valence-corrected chi connectivity index (χ1v) is 3.84. The molecule has 0 aromatic rings. The molecule has 1 aliphatic heterocycles. The first-order valence-electron chi connectivity index (χ1n) is 3.84. The van der Waals surface area contributed by atoms with Gasteiger partial charge in [0.25, 0.3) is 0 Å². The molecule has 60 valence electrons. The highest BCUT2D eigenvalue weighted by Gasteiger charge is 2.27. The van der Waals surface area contributed by atoms with Gasteiger partial charge in [-0.05, 0) is 26.9 Å². The van der Waals surface area contributed by atoms with Crippen LogP contribution < -0.4 is 10.6 Å². The summed E-state index contributed by atoms with van der Waals surface area (Å²) < 4.78 is 0. The van der Waals surface area contributed by atoms with E-state index in [9.17, 15) is 5.11 Å². The standard InChI is InChI=1S/C7H16N2O/c1-5-6(3-4-9-5)7(10)8-2/h5-10H,3-4H2,1-2H3. The zero-order valence-electron chi connectivity index (χ0n) is 6.59. The van der Waals surface area contributed by atoms with Gasteiger partial charge in [0.2, 0.25) is 0 Å². The first kappa shape index (κ1) is 7.98. The lowest BCUT2D eigenvalue weighted by molar-refractivity contribution is 0.0784. The van der Waals surface area contributed by atoms with E-state index >= 15 is 0 Å². The Balaban J connectivity index is 2.38. The van der Waals surface area contributed by atoms with Gasteiger partial charge >= 0.3 is 0 Å². The van der Waals surface area contributed by atoms with Gasteiger partial charge in [0.05, 0.1) is 0 Å². The van der Waals surface area contributed by atoms with Crippen molar-refractivity contribution in [3.63, 3.8) is 0 Å². The van der Waals surface area contributed by atoms with E-state index in [0.29, 0.717) is 12.0 Å². The molecule has 1 saturated heterocycles. The molecule has 0 aromatic heterocycles. The Morgan fingerprint density at radius 2 is 2.40 bits per heavy atom. The van der Waals surface area contributed by atoms with Crippen LogP contribution in [0, 0.1) is 5.92 Å². The molecule has 3 N–H and O–H groups in total. The summed E-state index contributed by atoms with van der Waals surface area (Å²) in [6.07, 6.45) is 0.730. The molecule has 3 nitrogen and oxygen atoms in total. The van der Waals surface area contributed by atoms with Crippen molar-refractivity contribution in [3.8, 4) is 0 Å². The predicted octanol–water partition coefficient (Wildman–Crippen LogP) is -0.478. The third kappa shape index (κ3) is 1.48. The summed E-state index contributed by atoms with van der Waals surface area (Å²) in [7, 11) is 1.79. The summed E-state index contributed by atoms with van der Waals surface area (Å²) >= 11 is 0. The molecule has 1 rings (SSSR count). The summed E-state index contributed by atoms with van der Waals surface area (Å²) in [6, 6.07) is 0.447. The summed E-state index contributed by atoms with van der Waals surface area (Å²) in [5, 5.41) is 15.5. The van der Waals surface area contributed by atoms with Crippen LogP contribution in [-0.2, 0) is 0 Å². The highest BCUT2D eigenvalue weighted by atomic mass is 16.3. The van der Waals surface area contributed by atoms with Crippen molar-refractivity contribution in [3.05, 3.63) is 0 Å². The maximum Gasteiger partial charge on any atom is 0.109 e. The molecule has 0 aliphatic carbocycles. The van der Waals surface area contributed by atoms with Gasteiger partial charge in [-0.15, -0.1) is 0 Å². The smallest absolute Gasteiger partial charge is 0.109 e. The summed E-state index contributed by atoms with van der Waals surface area (Å²) in [5.74, 6) is 0.380. The Hall–Kier alpha value is -0.120. The molecule has 1 heterocycles. The average Bonchev–Trinajstić information content (AvgIpc) is 2.34. The van der Waals surface area contributed by atoms with E-state index in [0.717, 1.165) is 13.0 Å². The van der Waals surface area contributed by atoms with E-state index < -0.39 is 0 Å². The Morgan fingerprint density at radius 1 is 1.70 bits per heavy atom. The molecule has 3 heteroatoms. The second-order valence-electron chi connectivity index (χ2n) is 2.93. The molecule has 10 heavy (non-hydrogen) atoms. The van der Waals surface area contributed by atoms with Gasteiger partial charge in [0.1, 0.15) is 6.23 Å². The fourth-order valence-corrected chi connectivity index (χ4v) is 1.52. The van der Waals surface area contributed by atoms with Crippen molar-refractivity contribution in [1.29, 1.82) is 0 Å². The summed E-state index contributed by atoms with van der Waals surface area (Å²) in [6.45, 7) is 3.14. The maximum absolute atomic E-state index is 9.38. The Morgan fingerprint density at radius 3 is 2.80 bits per heavy atom. The van der Waals surface area contributed by atoms with Crippen LogP contribution >= 0.6 is 0 Å². The lowest BCUT2D eigenvalue weighted by Crippen LogP contribution is -2.38. The van der Waals surface area contributed by atoms with E-state index in [1.807, 2.05) is 0 Å². The second-order valence-corrected chi connectivity index (χ2v) is 2.93. The Bertz CT molecular complexity index is 108. The largest absolute Gasteiger partial charge is 0.378 e.